The van der Waals surface area contributed by atoms with Crippen LogP contribution >= 0.6 is 0 Å². The maximum absolute atomic E-state index is 11.9. The summed E-state index contributed by atoms with van der Waals surface area (Å²) in [6.07, 6.45) is 0.921. The summed E-state index contributed by atoms with van der Waals surface area (Å²) in [5, 5.41) is 13.3. The van der Waals surface area contributed by atoms with Crippen molar-refractivity contribution < 1.29 is 14.3 Å². The molecular formula is C15H23NO3. The maximum atomic E-state index is 11.9. The van der Waals surface area contributed by atoms with Gasteiger partial charge in [0.2, 0.25) is 5.91 Å². The van der Waals surface area contributed by atoms with Crippen LogP contribution in [0.25, 0.3) is 0 Å². The average molecular weight is 265 g/mol. The third-order valence-electron chi connectivity index (χ3n) is 4.06. The van der Waals surface area contributed by atoms with Gasteiger partial charge >= 0.3 is 0 Å². The lowest BCUT2D eigenvalue weighted by atomic mass is 9.96. The Morgan fingerprint density at radius 1 is 1.58 bits per heavy atom. The van der Waals surface area contributed by atoms with Crippen molar-refractivity contribution in [1.29, 1.82) is 0 Å². The number of aryl methyl sites for hydroxylation is 2. The lowest BCUT2D eigenvalue weighted by molar-refractivity contribution is -0.124. The summed E-state index contributed by atoms with van der Waals surface area (Å²) in [5.74, 6) is 1.57. The van der Waals surface area contributed by atoms with Gasteiger partial charge in [0.25, 0.3) is 0 Å². The standard InChI is InChI=1S/C15H23NO3/c1-9-6-11(10(2)19-9)15(5,18)8-16-13(17)12-7-14(12,3)4/h6,12,18H,7-8H2,1-5H3,(H,16,17)/t12-,15?/m1/s1. The Morgan fingerprint density at radius 3 is 2.58 bits per heavy atom. The van der Waals surface area contributed by atoms with Crippen LogP contribution in [0.5, 0.6) is 0 Å². The summed E-state index contributed by atoms with van der Waals surface area (Å²) in [7, 11) is 0. The van der Waals surface area contributed by atoms with Gasteiger partial charge in [-0.05, 0) is 38.7 Å². The monoisotopic (exact) mass is 265 g/mol. The van der Waals surface area contributed by atoms with E-state index < -0.39 is 5.60 Å². The highest BCUT2D eigenvalue weighted by Gasteiger charge is 2.50. The summed E-state index contributed by atoms with van der Waals surface area (Å²) >= 11 is 0. The lowest BCUT2D eigenvalue weighted by Gasteiger charge is -2.23. The highest BCUT2D eigenvalue weighted by molar-refractivity contribution is 5.82. The van der Waals surface area contributed by atoms with Crippen LogP contribution in [0.2, 0.25) is 0 Å². The van der Waals surface area contributed by atoms with E-state index in [0.717, 1.165) is 17.7 Å². The van der Waals surface area contributed by atoms with E-state index in [1.807, 2.05) is 19.9 Å². The Labute approximate surface area is 114 Å². The molecule has 2 rings (SSSR count). The smallest absolute Gasteiger partial charge is 0.223 e. The van der Waals surface area contributed by atoms with Crippen molar-refractivity contribution in [3.63, 3.8) is 0 Å². The highest BCUT2D eigenvalue weighted by Crippen LogP contribution is 2.51. The second kappa shape index (κ2) is 4.37. The predicted molar refractivity (Wildman–Crippen MR) is 72.7 cm³/mol. The van der Waals surface area contributed by atoms with Gasteiger partial charge in [-0.25, -0.2) is 0 Å². The molecule has 4 nitrogen and oxygen atoms in total. The number of aliphatic hydroxyl groups is 1. The number of nitrogens with one attached hydrogen (secondary N) is 1. The van der Waals surface area contributed by atoms with Crippen LogP contribution in [0.1, 0.15) is 44.3 Å². The molecule has 0 spiro atoms. The van der Waals surface area contributed by atoms with Crippen molar-refractivity contribution in [1.82, 2.24) is 5.32 Å². The molecule has 1 unspecified atom stereocenters. The van der Waals surface area contributed by atoms with E-state index in [9.17, 15) is 9.90 Å². The molecule has 1 heterocycles. The molecule has 2 atom stereocenters. The van der Waals surface area contributed by atoms with Gasteiger partial charge in [0, 0.05) is 11.5 Å². The molecular weight excluding hydrogens is 242 g/mol. The van der Waals surface area contributed by atoms with Gasteiger partial charge in [0.05, 0.1) is 6.54 Å². The van der Waals surface area contributed by atoms with Crippen LogP contribution in [0, 0.1) is 25.2 Å². The van der Waals surface area contributed by atoms with E-state index in [4.69, 9.17) is 4.42 Å². The summed E-state index contributed by atoms with van der Waals surface area (Å²) in [6.45, 7) is 9.74. The fraction of sp³-hybridized carbons (Fsp3) is 0.667. The number of furan rings is 1. The third-order valence-corrected chi connectivity index (χ3v) is 4.06. The van der Waals surface area contributed by atoms with Crippen molar-refractivity contribution >= 4 is 5.91 Å². The fourth-order valence-electron chi connectivity index (χ4n) is 2.56. The van der Waals surface area contributed by atoms with Crippen LogP contribution in [0.15, 0.2) is 10.5 Å². The highest BCUT2D eigenvalue weighted by atomic mass is 16.3. The second-order valence-electron chi connectivity index (χ2n) is 6.56. The Balaban J connectivity index is 1.98. The van der Waals surface area contributed by atoms with Crippen molar-refractivity contribution in [3.05, 3.63) is 23.2 Å². The summed E-state index contributed by atoms with van der Waals surface area (Å²) < 4.78 is 5.43. The molecule has 106 valence electrons. The van der Waals surface area contributed by atoms with Crippen molar-refractivity contribution in [3.8, 4) is 0 Å². The van der Waals surface area contributed by atoms with Gasteiger partial charge in [0.15, 0.2) is 0 Å². The largest absolute Gasteiger partial charge is 0.466 e. The molecule has 1 aromatic rings. The van der Waals surface area contributed by atoms with Gasteiger partial charge < -0.3 is 14.8 Å². The Morgan fingerprint density at radius 2 is 2.16 bits per heavy atom. The van der Waals surface area contributed by atoms with Crippen LogP contribution < -0.4 is 5.32 Å². The summed E-state index contributed by atoms with van der Waals surface area (Å²) in [6, 6.07) is 1.82. The van der Waals surface area contributed by atoms with Gasteiger partial charge in [-0.1, -0.05) is 13.8 Å². The molecule has 2 N–H and O–H groups in total. The predicted octanol–water partition coefficient (Wildman–Crippen LogP) is 2.27. The number of hydrogen-bond acceptors (Lipinski definition) is 3. The molecule has 0 radical (unpaired) electrons. The number of carbonyl (C=O) groups excluding carboxylic acids is 1. The zero-order chi connectivity index (χ0) is 14.4. The van der Waals surface area contributed by atoms with Crippen LogP contribution in [0.4, 0.5) is 0 Å². The first-order chi connectivity index (χ1) is 8.63. The number of carbonyl (C=O) groups is 1. The molecule has 0 bridgehead atoms. The SMILES string of the molecule is Cc1cc(C(C)(O)CNC(=O)[C@H]2CC2(C)C)c(C)o1. The second-order valence-corrected chi connectivity index (χ2v) is 6.56. The van der Waals surface area contributed by atoms with E-state index in [1.165, 1.54) is 0 Å². The molecule has 0 aliphatic heterocycles. The zero-order valence-electron chi connectivity index (χ0n) is 12.3. The van der Waals surface area contributed by atoms with Gasteiger partial charge in [-0.15, -0.1) is 0 Å². The molecule has 4 heteroatoms. The van der Waals surface area contributed by atoms with Crippen molar-refractivity contribution in [2.45, 2.75) is 46.6 Å². The molecule has 0 aromatic carbocycles. The Bertz CT molecular complexity index is 499. The van der Waals surface area contributed by atoms with Gasteiger partial charge in [-0.3, -0.25) is 4.79 Å². The Hall–Kier alpha value is -1.29. The van der Waals surface area contributed by atoms with E-state index in [1.54, 1.807) is 6.92 Å². The van der Waals surface area contributed by atoms with Gasteiger partial charge in [-0.2, -0.15) is 0 Å². The minimum atomic E-state index is -1.10. The fourth-order valence-corrected chi connectivity index (χ4v) is 2.56. The van der Waals surface area contributed by atoms with Crippen LogP contribution in [-0.4, -0.2) is 17.6 Å². The molecule has 0 saturated heterocycles. The van der Waals surface area contributed by atoms with E-state index in [2.05, 4.69) is 19.2 Å². The van der Waals surface area contributed by atoms with Crippen LogP contribution in [0.3, 0.4) is 0 Å². The molecule has 1 aromatic heterocycles. The van der Waals surface area contributed by atoms with E-state index in [-0.39, 0.29) is 23.8 Å². The normalized spacial score (nSPS) is 23.8. The Kier molecular flexibility index (Phi) is 3.25. The summed E-state index contributed by atoms with van der Waals surface area (Å²) in [4.78, 5) is 11.9. The molecule has 19 heavy (non-hydrogen) atoms. The molecule has 1 fully saturated rings. The minimum absolute atomic E-state index is 0.0307. The molecule has 1 saturated carbocycles. The van der Waals surface area contributed by atoms with Crippen LogP contribution in [-0.2, 0) is 10.4 Å². The van der Waals surface area contributed by atoms with E-state index in [0.29, 0.717) is 5.76 Å². The van der Waals surface area contributed by atoms with E-state index >= 15 is 0 Å². The lowest BCUT2D eigenvalue weighted by Crippen LogP contribution is -2.39. The first-order valence-electron chi connectivity index (χ1n) is 6.71. The molecule has 1 aliphatic carbocycles. The minimum Gasteiger partial charge on any atom is -0.466 e. The number of amides is 1. The third kappa shape index (κ3) is 2.84. The topological polar surface area (TPSA) is 62.5 Å². The molecule has 1 aliphatic rings. The summed E-state index contributed by atoms with van der Waals surface area (Å²) in [5.41, 5.74) is -0.255. The first-order valence-corrected chi connectivity index (χ1v) is 6.71. The first kappa shape index (κ1) is 14.1. The molecule has 1 amide bonds. The quantitative estimate of drug-likeness (QED) is 0.877. The van der Waals surface area contributed by atoms with Crippen molar-refractivity contribution in [2.75, 3.05) is 6.54 Å². The van der Waals surface area contributed by atoms with Gasteiger partial charge in [0.1, 0.15) is 17.1 Å². The maximum Gasteiger partial charge on any atom is 0.223 e. The average Bonchev–Trinajstić information content (AvgIpc) is 2.77. The number of hydrogen-bond donors (Lipinski definition) is 2. The zero-order valence-corrected chi connectivity index (χ0v) is 12.3. The van der Waals surface area contributed by atoms with Crippen molar-refractivity contribution in [2.24, 2.45) is 11.3 Å². The number of rotatable bonds is 4.